The molecule has 2 heteroatoms. The van der Waals surface area contributed by atoms with Crippen LogP contribution in [0.5, 0.6) is 0 Å². The molecule has 0 unspecified atom stereocenters. The van der Waals surface area contributed by atoms with Crippen LogP contribution in [0.4, 0.5) is 0 Å². The van der Waals surface area contributed by atoms with Crippen molar-refractivity contribution in [2.75, 3.05) is 0 Å². The molecule has 0 N–H and O–H groups in total. The minimum atomic E-state index is 0.754. The van der Waals surface area contributed by atoms with Crippen LogP contribution >= 0.6 is 27.5 Å². The predicted molar refractivity (Wildman–Crippen MR) is 74.1 cm³/mol. The zero-order valence-electron chi connectivity index (χ0n) is 9.22. The maximum atomic E-state index is 6.05. The molecule has 16 heavy (non-hydrogen) atoms. The first-order chi connectivity index (χ1) is 7.56. The third-order valence-corrected chi connectivity index (χ3v) is 3.23. The number of halogens is 2. The zero-order chi connectivity index (χ0) is 11.7. The fraction of sp³-hybridized carbons (Fsp3) is 0.143. The van der Waals surface area contributed by atoms with Gasteiger partial charge in [0.05, 0.1) is 0 Å². The molecule has 0 spiro atoms. The van der Waals surface area contributed by atoms with Gasteiger partial charge in [-0.05, 0) is 48.7 Å². The zero-order valence-corrected chi connectivity index (χ0v) is 11.6. The monoisotopic (exact) mass is 294 g/mol. The summed E-state index contributed by atoms with van der Waals surface area (Å²) in [5.41, 5.74) is 4.93. The minimum Gasteiger partial charge on any atom is -0.0843 e. The summed E-state index contributed by atoms with van der Waals surface area (Å²) in [4.78, 5) is 0. The SMILES string of the molecule is Cc1ccc(-c2cc(Cl)cc(Br)c2)c(C)c1. The maximum absolute atomic E-state index is 6.05. The van der Waals surface area contributed by atoms with Crippen molar-refractivity contribution < 1.29 is 0 Å². The van der Waals surface area contributed by atoms with Gasteiger partial charge >= 0.3 is 0 Å². The van der Waals surface area contributed by atoms with E-state index in [0.717, 1.165) is 15.1 Å². The van der Waals surface area contributed by atoms with Crippen molar-refractivity contribution in [1.82, 2.24) is 0 Å². The highest BCUT2D eigenvalue weighted by molar-refractivity contribution is 9.10. The molecule has 0 aliphatic rings. The number of hydrogen-bond donors (Lipinski definition) is 0. The molecule has 82 valence electrons. The van der Waals surface area contributed by atoms with E-state index in [2.05, 4.69) is 54.0 Å². The molecule has 0 saturated carbocycles. The molecule has 0 fully saturated rings. The van der Waals surface area contributed by atoms with E-state index in [-0.39, 0.29) is 0 Å². The Morgan fingerprint density at radius 1 is 1.00 bits per heavy atom. The molecule has 0 aromatic heterocycles. The smallest absolute Gasteiger partial charge is 0.0423 e. The Hall–Kier alpha value is -0.790. The van der Waals surface area contributed by atoms with Gasteiger partial charge in [-0.3, -0.25) is 0 Å². The van der Waals surface area contributed by atoms with Crippen LogP contribution in [0, 0.1) is 13.8 Å². The summed E-state index contributed by atoms with van der Waals surface area (Å²) in [6, 6.07) is 12.4. The second-order valence-electron chi connectivity index (χ2n) is 3.98. The highest BCUT2D eigenvalue weighted by atomic mass is 79.9. The van der Waals surface area contributed by atoms with Crippen LogP contribution in [0.25, 0.3) is 11.1 Å². The van der Waals surface area contributed by atoms with E-state index in [1.807, 2.05) is 12.1 Å². The summed E-state index contributed by atoms with van der Waals surface area (Å²) in [7, 11) is 0. The maximum Gasteiger partial charge on any atom is 0.0423 e. The van der Waals surface area contributed by atoms with Crippen LogP contribution in [0.2, 0.25) is 5.02 Å². The van der Waals surface area contributed by atoms with Crippen LogP contribution in [-0.4, -0.2) is 0 Å². The first-order valence-electron chi connectivity index (χ1n) is 5.10. The second-order valence-corrected chi connectivity index (χ2v) is 5.33. The summed E-state index contributed by atoms with van der Waals surface area (Å²) < 4.78 is 1.01. The summed E-state index contributed by atoms with van der Waals surface area (Å²) in [6.07, 6.45) is 0. The van der Waals surface area contributed by atoms with Gasteiger partial charge in [0.15, 0.2) is 0 Å². The molecule has 0 aliphatic heterocycles. The average Bonchev–Trinajstić information content (AvgIpc) is 2.15. The summed E-state index contributed by atoms with van der Waals surface area (Å²) in [5, 5.41) is 0.754. The van der Waals surface area contributed by atoms with E-state index in [9.17, 15) is 0 Å². The molecule has 0 atom stereocenters. The van der Waals surface area contributed by atoms with E-state index < -0.39 is 0 Å². The van der Waals surface area contributed by atoms with Crippen LogP contribution < -0.4 is 0 Å². The predicted octanol–water partition coefficient (Wildman–Crippen LogP) is 5.39. The highest BCUT2D eigenvalue weighted by Crippen LogP contribution is 2.29. The Kier molecular flexibility index (Phi) is 3.36. The van der Waals surface area contributed by atoms with Crippen molar-refractivity contribution >= 4 is 27.5 Å². The normalized spacial score (nSPS) is 10.5. The standard InChI is InChI=1S/C14H12BrCl/c1-9-3-4-14(10(2)5-9)11-6-12(15)8-13(16)7-11/h3-8H,1-2H3. The highest BCUT2D eigenvalue weighted by Gasteiger charge is 2.04. The Labute approximate surface area is 109 Å². The van der Waals surface area contributed by atoms with Crippen LogP contribution in [0.15, 0.2) is 40.9 Å². The molecule has 0 amide bonds. The van der Waals surface area contributed by atoms with Gasteiger partial charge in [-0.2, -0.15) is 0 Å². The number of hydrogen-bond acceptors (Lipinski definition) is 0. The van der Waals surface area contributed by atoms with Crippen LogP contribution in [0.1, 0.15) is 11.1 Å². The van der Waals surface area contributed by atoms with E-state index >= 15 is 0 Å². The van der Waals surface area contributed by atoms with Crippen molar-refractivity contribution in [2.45, 2.75) is 13.8 Å². The molecule has 0 heterocycles. The van der Waals surface area contributed by atoms with Crippen LogP contribution in [0.3, 0.4) is 0 Å². The van der Waals surface area contributed by atoms with Gasteiger partial charge in [0, 0.05) is 9.50 Å². The Balaban J connectivity index is 2.58. The Morgan fingerprint density at radius 3 is 2.38 bits per heavy atom. The molecular weight excluding hydrogens is 284 g/mol. The van der Waals surface area contributed by atoms with Gasteiger partial charge in [-0.1, -0.05) is 51.3 Å². The second kappa shape index (κ2) is 4.60. The number of benzene rings is 2. The lowest BCUT2D eigenvalue weighted by Crippen LogP contribution is -1.85. The van der Waals surface area contributed by atoms with E-state index in [4.69, 9.17) is 11.6 Å². The topological polar surface area (TPSA) is 0 Å². The summed E-state index contributed by atoms with van der Waals surface area (Å²) in [6.45, 7) is 4.22. The lowest BCUT2D eigenvalue weighted by atomic mass is 9.99. The molecular formula is C14H12BrCl. The van der Waals surface area contributed by atoms with E-state index in [1.54, 1.807) is 0 Å². The molecule has 0 radical (unpaired) electrons. The van der Waals surface area contributed by atoms with Gasteiger partial charge in [0.2, 0.25) is 0 Å². The van der Waals surface area contributed by atoms with Gasteiger partial charge < -0.3 is 0 Å². The average molecular weight is 296 g/mol. The Morgan fingerprint density at radius 2 is 1.75 bits per heavy atom. The fourth-order valence-corrected chi connectivity index (χ4v) is 2.71. The number of rotatable bonds is 1. The third-order valence-electron chi connectivity index (χ3n) is 2.56. The van der Waals surface area contributed by atoms with Crippen LogP contribution in [-0.2, 0) is 0 Å². The largest absolute Gasteiger partial charge is 0.0843 e. The van der Waals surface area contributed by atoms with Gasteiger partial charge in [0.25, 0.3) is 0 Å². The van der Waals surface area contributed by atoms with E-state index in [1.165, 1.54) is 16.7 Å². The third kappa shape index (κ3) is 2.47. The molecule has 2 aromatic rings. The van der Waals surface area contributed by atoms with Crippen molar-refractivity contribution in [3.05, 3.63) is 57.0 Å². The molecule has 0 saturated heterocycles. The molecule has 2 rings (SSSR count). The molecule has 0 bridgehead atoms. The van der Waals surface area contributed by atoms with Gasteiger partial charge in [-0.25, -0.2) is 0 Å². The fourth-order valence-electron chi connectivity index (χ4n) is 1.85. The lowest BCUT2D eigenvalue weighted by Gasteiger charge is -2.08. The van der Waals surface area contributed by atoms with Gasteiger partial charge in [0.1, 0.15) is 0 Å². The lowest BCUT2D eigenvalue weighted by molar-refractivity contribution is 1.38. The molecule has 0 nitrogen and oxygen atoms in total. The number of aryl methyl sites for hydroxylation is 2. The minimum absolute atomic E-state index is 0.754. The summed E-state index contributed by atoms with van der Waals surface area (Å²) >= 11 is 9.52. The first kappa shape index (κ1) is 11.7. The molecule has 2 aromatic carbocycles. The Bertz CT molecular complexity index is 512. The quantitative estimate of drug-likeness (QED) is 0.662. The summed E-state index contributed by atoms with van der Waals surface area (Å²) in [5.74, 6) is 0. The van der Waals surface area contributed by atoms with E-state index in [0.29, 0.717) is 0 Å². The van der Waals surface area contributed by atoms with Crippen molar-refractivity contribution in [3.8, 4) is 11.1 Å². The van der Waals surface area contributed by atoms with Crippen molar-refractivity contribution in [2.24, 2.45) is 0 Å². The molecule has 0 aliphatic carbocycles. The first-order valence-corrected chi connectivity index (χ1v) is 6.27. The van der Waals surface area contributed by atoms with Gasteiger partial charge in [-0.15, -0.1) is 0 Å². The van der Waals surface area contributed by atoms with Crippen molar-refractivity contribution in [3.63, 3.8) is 0 Å². The van der Waals surface area contributed by atoms with Crippen molar-refractivity contribution in [1.29, 1.82) is 0 Å².